The number of carbonyl (C=O) groups is 1. The van der Waals surface area contributed by atoms with E-state index in [1.54, 1.807) is 6.07 Å². The summed E-state index contributed by atoms with van der Waals surface area (Å²) in [6.45, 7) is 2.74. The number of amides is 1. The first-order valence-corrected chi connectivity index (χ1v) is 9.41. The Kier molecular flexibility index (Phi) is 6.97. The van der Waals surface area contributed by atoms with Gasteiger partial charge in [0.2, 0.25) is 0 Å². The van der Waals surface area contributed by atoms with Crippen LogP contribution in [0, 0.1) is 17.1 Å². The molecule has 3 N–H and O–H groups in total. The molecule has 0 saturated heterocycles. The lowest BCUT2D eigenvalue weighted by atomic mass is 9.88. The lowest BCUT2D eigenvalue weighted by molar-refractivity contribution is -0.348. The summed E-state index contributed by atoms with van der Waals surface area (Å²) < 4.78 is 108. The second-order valence-corrected chi connectivity index (χ2v) is 6.98. The Hall–Kier alpha value is -3.36. The molecule has 0 aliphatic rings. The Labute approximate surface area is 183 Å². The van der Waals surface area contributed by atoms with Crippen molar-refractivity contribution in [2.75, 3.05) is 11.1 Å². The van der Waals surface area contributed by atoms with Crippen molar-refractivity contribution < 1.29 is 39.9 Å². The molecule has 0 aliphatic heterocycles. The zero-order valence-electron chi connectivity index (χ0n) is 17.2. The number of hydrogen-bond donors (Lipinski definition) is 2. The summed E-state index contributed by atoms with van der Waals surface area (Å²) in [6, 6.07) is 4.39. The maximum atomic E-state index is 14.6. The number of benzene rings is 2. The van der Waals surface area contributed by atoms with Crippen LogP contribution in [0.5, 0.6) is 0 Å². The predicted molar refractivity (Wildman–Crippen MR) is 104 cm³/mol. The monoisotopic (exact) mass is 479 g/mol. The molecule has 0 spiro atoms. The van der Waals surface area contributed by atoms with Crippen LogP contribution in [0.25, 0.3) is 0 Å². The van der Waals surface area contributed by atoms with Gasteiger partial charge in [0.05, 0.1) is 16.8 Å². The lowest BCUT2D eigenvalue weighted by Gasteiger charge is -2.31. The van der Waals surface area contributed by atoms with E-state index in [1.165, 1.54) is 13.8 Å². The summed E-state index contributed by atoms with van der Waals surface area (Å²) >= 11 is 0. The average Bonchev–Trinajstić information content (AvgIpc) is 2.73. The minimum atomic E-state index is -6.30. The Bertz CT molecular complexity index is 1080. The van der Waals surface area contributed by atoms with E-state index in [0.717, 1.165) is 12.1 Å². The number of halogens is 8. The molecule has 178 valence electrons. The minimum Gasteiger partial charge on any atom is -0.395 e. The standard InChI is InChI=1S/C21H17F8N3O/c1-3-10-7-13(19(23,20(24,25)26)21(27,28)29)8-11(4-2)17(10)32-18(33)14-6-5-12(9-30)16(31)15(14)22/h5-8H,3-4,31H2,1-2H3,(H,32,33). The van der Waals surface area contributed by atoms with Crippen LogP contribution in [0.15, 0.2) is 24.3 Å². The van der Waals surface area contributed by atoms with Crippen molar-refractivity contribution in [1.82, 2.24) is 0 Å². The third kappa shape index (κ3) is 4.44. The lowest BCUT2D eigenvalue weighted by Crippen LogP contribution is -2.50. The topological polar surface area (TPSA) is 78.9 Å². The van der Waals surface area contributed by atoms with Gasteiger partial charge in [-0.05, 0) is 48.2 Å². The van der Waals surface area contributed by atoms with Crippen molar-refractivity contribution in [2.45, 2.75) is 44.7 Å². The maximum Gasteiger partial charge on any atom is 0.435 e. The van der Waals surface area contributed by atoms with Crippen LogP contribution < -0.4 is 11.1 Å². The van der Waals surface area contributed by atoms with Crippen LogP contribution in [-0.4, -0.2) is 18.3 Å². The van der Waals surface area contributed by atoms with Gasteiger partial charge in [-0.2, -0.15) is 31.6 Å². The molecule has 0 aromatic heterocycles. The number of nitrogen functional groups attached to an aromatic ring is 1. The highest BCUT2D eigenvalue weighted by Gasteiger charge is 2.73. The number of rotatable bonds is 5. The zero-order chi connectivity index (χ0) is 25.4. The summed E-state index contributed by atoms with van der Waals surface area (Å²) in [7, 11) is 0. The van der Waals surface area contributed by atoms with Gasteiger partial charge in [-0.15, -0.1) is 0 Å². The van der Waals surface area contributed by atoms with Crippen molar-refractivity contribution in [3.63, 3.8) is 0 Å². The molecule has 4 nitrogen and oxygen atoms in total. The molecule has 0 bridgehead atoms. The predicted octanol–water partition coefficient (Wildman–Crippen LogP) is 5.95. The number of anilines is 2. The molecule has 12 heteroatoms. The molecule has 2 rings (SSSR count). The van der Waals surface area contributed by atoms with Gasteiger partial charge >= 0.3 is 18.0 Å². The van der Waals surface area contributed by atoms with Gasteiger partial charge < -0.3 is 11.1 Å². The first-order valence-electron chi connectivity index (χ1n) is 9.41. The number of nitriles is 1. The molecule has 0 unspecified atom stereocenters. The van der Waals surface area contributed by atoms with Gasteiger partial charge in [-0.3, -0.25) is 4.79 Å². The molecular formula is C21H17F8N3O. The van der Waals surface area contributed by atoms with E-state index in [9.17, 15) is 39.9 Å². The van der Waals surface area contributed by atoms with Crippen molar-refractivity contribution in [2.24, 2.45) is 0 Å². The molecule has 0 aliphatic carbocycles. The molecule has 2 aromatic rings. The number of nitrogens with zero attached hydrogens (tertiary/aromatic N) is 1. The highest BCUT2D eigenvalue weighted by atomic mass is 19.4. The fourth-order valence-electron chi connectivity index (χ4n) is 3.22. The molecular weight excluding hydrogens is 462 g/mol. The summed E-state index contributed by atoms with van der Waals surface area (Å²) in [4.78, 5) is 12.6. The first kappa shape index (κ1) is 25.9. The SMILES string of the molecule is CCc1cc(C(F)(C(F)(F)F)C(F)(F)F)cc(CC)c1NC(=O)c1ccc(C#N)c(N)c1F. The van der Waals surface area contributed by atoms with E-state index in [4.69, 9.17) is 11.0 Å². The van der Waals surface area contributed by atoms with Crippen LogP contribution in [-0.2, 0) is 18.5 Å². The normalized spacial score (nSPS) is 12.4. The largest absolute Gasteiger partial charge is 0.435 e. The van der Waals surface area contributed by atoms with Crippen LogP contribution in [0.2, 0.25) is 0 Å². The molecule has 33 heavy (non-hydrogen) atoms. The van der Waals surface area contributed by atoms with Gasteiger partial charge in [0.15, 0.2) is 5.82 Å². The van der Waals surface area contributed by atoms with Crippen molar-refractivity contribution in [3.05, 3.63) is 57.9 Å². The highest BCUT2D eigenvalue weighted by molar-refractivity contribution is 6.06. The molecule has 0 atom stereocenters. The third-order valence-electron chi connectivity index (χ3n) is 5.03. The number of nitrogens with two attached hydrogens (primary N) is 1. The molecule has 2 aromatic carbocycles. The minimum absolute atomic E-state index is 0.178. The second kappa shape index (κ2) is 8.88. The number of carbonyl (C=O) groups excluding carboxylic acids is 1. The highest BCUT2D eigenvalue weighted by Crippen LogP contribution is 2.54. The van der Waals surface area contributed by atoms with E-state index in [1.807, 2.05) is 0 Å². The third-order valence-corrected chi connectivity index (χ3v) is 5.03. The Morgan fingerprint density at radius 2 is 1.48 bits per heavy atom. The average molecular weight is 479 g/mol. The number of hydrogen-bond acceptors (Lipinski definition) is 3. The Morgan fingerprint density at radius 3 is 1.88 bits per heavy atom. The first-order chi connectivity index (χ1) is 15.1. The fraction of sp³-hybridized carbons (Fsp3) is 0.333. The van der Waals surface area contributed by atoms with E-state index >= 15 is 0 Å². The smallest absolute Gasteiger partial charge is 0.395 e. The van der Waals surface area contributed by atoms with Crippen LogP contribution in [0.3, 0.4) is 0 Å². The Balaban J connectivity index is 2.65. The van der Waals surface area contributed by atoms with Gasteiger partial charge in [-0.25, -0.2) is 8.78 Å². The van der Waals surface area contributed by atoms with E-state index < -0.39 is 46.6 Å². The molecule has 0 radical (unpaired) electrons. The number of alkyl halides is 7. The van der Waals surface area contributed by atoms with E-state index in [2.05, 4.69) is 5.32 Å². The van der Waals surface area contributed by atoms with Crippen LogP contribution in [0.4, 0.5) is 46.5 Å². The summed E-state index contributed by atoms with van der Waals surface area (Å²) in [5.74, 6) is -2.34. The van der Waals surface area contributed by atoms with Gasteiger partial charge in [0.1, 0.15) is 6.07 Å². The van der Waals surface area contributed by atoms with Crippen LogP contribution in [0.1, 0.15) is 46.5 Å². The van der Waals surface area contributed by atoms with Crippen molar-refractivity contribution in [3.8, 4) is 6.07 Å². The Morgan fingerprint density at radius 1 is 1.00 bits per heavy atom. The molecule has 0 saturated carbocycles. The van der Waals surface area contributed by atoms with Gasteiger partial charge in [0.25, 0.3) is 5.91 Å². The maximum absolute atomic E-state index is 14.6. The summed E-state index contributed by atoms with van der Waals surface area (Å²) in [6.07, 6.45) is -13.0. The number of aryl methyl sites for hydroxylation is 2. The second-order valence-electron chi connectivity index (χ2n) is 6.98. The fourth-order valence-corrected chi connectivity index (χ4v) is 3.22. The summed E-state index contributed by atoms with van der Waals surface area (Å²) in [5, 5.41) is 11.1. The van der Waals surface area contributed by atoms with Crippen LogP contribution >= 0.6 is 0 Å². The van der Waals surface area contributed by atoms with Gasteiger partial charge in [-0.1, -0.05) is 13.8 Å². The molecule has 0 fully saturated rings. The van der Waals surface area contributed by atoms with Crippen molar-refractivity contribution in [1.29, 1.82) is 5.26 Å². The van der Waals surface area contributed by atoms with E-state index in [-0.39, 0.29) is 35.2 Å². The quantitative estimate of drug-likeness (QED) is 0.411. The van der Waals surface area contributed by atoms with Gasteiger partial charge in [0, 0.05) is 11.3 Å². The number of nitrogens with one attached hydrogen (secondary N) is 1. The molecule has 1 amide bonds. The summed E-state index contributed by atoms with van der Waals surface area (Å²) in [5.41, 5.74) is -3.94. The van der Waals surface area contributed by atoms with Crippen molar-refractivity contribution >= 4 is 17.3 Å². The molecule has 0 heterocycles. The van der Waals surface area contributed by atoms with E-state index in [0.29, 0.717) is 12.1 Å². The zero-order valence-corrected chi connectivity index (χ0v) is 17.2.